The predicted molar refractivity (Wildman–Crippen MR) is 84.0 cm³/mol. The molecule has 0 N–H and O–H groups in total. The van der Waals surface area contributed by atoms with Crippen LogP contribution in [0.4, 0.5) is 4.39 Å². The van der Waals surface area contributed by atoms with Gasteiger partial charge in [-0.25, -0.2) is 4.39 Å². The van der Waals surface area contributed by atoms with Gasteiger partial charge in [0.05, 0.1) is 23.8 Å². The van der Waals surface area contributed by atoms with E-state index in [1.54, 1.807) is 12.3 Å². The molecule has 1 aromatic carbocycles. The highest BCUT2D eigenvalue weighted by Crippen LogP contribution is 2.37. The minimum atomic E-state index is -0.523. The van der Waals surface area contributed by atoms with Gasteiger partial charge in [-0.15, -0.1) is 0 Å². The summed E-state index contributed by atoms with van der Waals surface area (Å²) in [6.07, 6.45) is 1.63. The maximum absolute atomic E-state index is 13.8. The van der Waals surface area contributed by atoms with Crippen LogP contribution in [0.3, 0.4) is 0 Å². The molecule has 3 rings (SSSR count). The van der Waals surface area contributed by atoms with E-state index in [0.29, 0.717) is 5.52 Å². The molecule has 1 fully saturated rings. The quantitative estimate of drug-likeness (QED) is 0.800. The van der Waals surface area contributed by atoms with Gasteiger partial charge in [0.25, 0.3) is 0 Å². The highest BCUT2D eigenvalue weighted by Gasteiger charge is 2.52. The molecule has 1 aliphatic heterocycles. The van der Waals surface area contributed by atoms with Crippen molar-refractivity contribution in [2.45, 2.75) is 38.9 Å². The van der Waals surface area contributed by atoms with Gasteiger partial charge in [-0.2, -0.15) is 0 Å². The van der Waals surface area contributed by atoms with Crippen LogP contribution in [0.15, 0.2) is 24.4 Å². The molecule has 2 aromatic rings. The van der Waals surface area contributed by atoms with Crippen molar-refractivity contribution in [3.8, 4) is 5.75 Å². The number of methoxy groups -OCH3 is 1. The number of hydrogen-bond donors (Lipinski definition) is 0. The Kier molecular flexibility index (Phi) is 3.42. The summed E-state index contributed by atoms with van der Waals surface area (Å²) in [5.74, 6) is -0.258. The molecule has 4 nitrogen and oxygen atoms in total. The number of ether oxygens (including phenoxy) is 1. The Morgan fingerprint density at radius 3 is 2.36 bits per heavy atom. The minimum Gasteiger partial charge on any atom is -0.494 e. The SMILES string of the molecule is COc1cc2c(B3OC(C)(C)C(C)(C)O3)ccnc2cc1F. The number of hydrogen-bond acceptors (Lipinski definition) is 4. The molecular weight excluding hydrogens is 284 g/mol. The van der Waals surface area contributed by atoms with Crippen molar-refractivity contribution in [2.75, 3.05) is 7.11 Å². The van der Waals surface area contributed by atoms with Gasteiger partial charge in [-0.1, -0.05) is 0 Å². The lowest BCUT2D eigenvalue weighted by Gasteiger charge is -2.32. The smallest absolute Gasteiger partial charge is 0.494 e. The monoisotopic (exact) mass is 303 g/mol. The van der Waals surface area contributed by atoms with Crippen LogP contribution in [0.25, 0.3) is 10.9 Å². The van der Waals surface area contributed by atoms with Gasteiger partial charge in [-0.05, 0) is 45.3 Å². The zero-order valence-electron chi connectivity index (χ0n) is 13.4. The Labute approximate surface area is 129 Å². The zero-order valence-corrected chi connectivity index (χ0v) is 13.4. The maximum atomic E-state index is 13.8. The van der Waals surface area contributed by atoms with Crippen LogP contribution in [0, 0.1) is 5.82 Å². The summed E-state index contributed by atoms with van der Waals surface area (Å²) < 4.78 is 31.1. The summed E-state index contributed by atoms with van der Waals surface area (Å²) in [4.78, 5) is 4.22. The second-order valence-corrected chi connectivity index (χ2v) is 6.49. The Morgan fingerprint density at radius 2 is 1.77 bits per heavy atom. The van der Waals surface area contributed by atoms with E-state index in [9.17, 15) is 4.39 Å². The normalized spacial score (nSPS) is 19.6. The van der Waals surface area contributed by atoms with Crippen molar-refractivity contribution in [3.63, 3.8) is 0 Å². The van der Waals surface area contributed by atoms with Crippen LogP contribution in [-0.2, 0) is 9.31 Å². The largest absolute Gasteiger partial charge is 0.495 e. The minimum absolute atomic E-state index is 0.179. The Balaban J connectivity index is 2.12. The van der Waals surface area contributed by atoms with E-state index in [0.717, 1.165) is 10.8 Å². The average molecular weight is 303 g/mol. The molecule has 0 amide bonds. The number of nitrogens with zero attached hydrogens (tertiary/aromatic N) is 1. The van der Waals surface area contributed by atoms with Crippen LogP contribution in [-0.4, -0.2) is 30.4 Å². The van der Waals surface area contributed by atoms with Gasteiger partial charge < -0.3 is 14.0 Å². The van der Waals surface area contributed by atoms with Crippen LogP contribution in [0.5, 0.6) is 5.75 Å². The number of halogens is 1. The summed E-state index contributed by atoms with van der Waals surface area (Å²) in [6.45, 7) is 7.99. The molecule has 0 aliphatic carbocycles. The molecule has 0 unspecified atom stereocenters. The fourth-order valence-electron chi connectivity index (χ4n) is 2.50. The maximum Gasteiger partial charge on any atom is 0.495 e. The summed E-state index contributed by atoms with van der Waals surface area (Å²) in [6, 6.07) is 4.84. The predicted octanol–water partition coefficient (Wildman–Crippen LogP) is 2.68. The summed E-state index contributed by atoms with van der Waals surface area (Å²) >= 11 is 0. The Hall–Kier alpha value is -1.66. The molecule has 2 heterocycles. The summed E-state index contributed by atoms with van der Waals surface area (Å²) in [7, 11) is 0.917. The van der Waals surface area contributed by atoms with Gasteiger partial charge in [-0.3, -0.25) is 4.98 Å². The van der Waals surface area contributed by atoms with Crippen molar-refractivity contribution in [1.82, 2.24) is 4.98 Å². The number of benzene rings is 1. The molecular formula is C16H19BFNO3. The first-order valence-electron chi connectivity index (χ1n) is 7.23. The Morgan fingerprint density at radius 1 is 1.14 bits per heavy atom. The standard InChI is InChI=1S/C16H19BFNO3/c1-15(2)16(3,4)22-17(21-15)11-6-7-19-13-9-12(18)14(20-5)8-10(11)13/h6-9H,1-5H3. The zero-order chi connectivity index (χ0) is 16.1. The molecule has 1 aliphatic rings. The first-order valence-corrected chi connectivity index (χ1v) is 7.23. The molecule has 0 atom stereocenters. The number of fused-ring (bicyclic) bond motifs is 1. The van der Waals surface area contributed by atoms with Gasteiger partial charge in [0.2, 0.25) is 0 Å². The molecule has 6 heteroatoms. The number of rotatable bonds is 2. The highest BCUT2D eigenvalue weighted by molar-refractivity contribution is 6.65. The van der Waals surface area contributed by atoms with Crippen LogP contribution in [0.2, 0.25) is 0 Å². The first-order chi connectivity index (χ1) is 10.2. The summed E-state index contributed by atoms with van der Waals surface area (Å²) in [5.41, 5.74) is 0.502. The molecule has 0 spiro atoms. The van der Waals surface area contributed by atoms with Gasteiger partial charge in [0.15, 0.2) is 11.6 Å². The lowest BCUT2D eigenvalue weighted by Crippen LogP contribution is -2.41. The fraction of sp³-hybridized carbons (Fsp3) is 0.438. The van der Waals surface area contributed by atoms with Gasteiger partial charge in [0, 0.05) is 17.6 Å². The molecule has 116 valence electrons. The van der Waals surface area contributed by atoms with Crippen molar-refractivity contribution < 1.29 is 18.4 Å². The number of pyridine rings is 1. The molecule has 0 radical (unpaired) electrons. The molecule has 1 aromatic heterocycles. The average Bonchev–Trinajstić information content (AvgIpc) is 2.65. The van der Waals surface area contributed by atoms with E-state index in [1.165, 1.54) is 13.2 Å². The third-order valence-corrected chi connectivity index (χ3v) is 4.56. The van der Waals surface area contributed by atoms with E-state index in [-0.39, 0.29) is 5.75 Å². The van der Waals surface area contributed by atoms with Crippen molar-refractivity contribution >= 4 is 23.5 Å². The van der Waals surface area contributed by atoms with Crippen molar-refractivity contribution in [2.24, 2.45) is 0 Å². The van der Waals surface area contributed by atoms with Gasteiger partial charge in [0.1, 0.15) is 0 Å². The van der Waals surface area contributed by atoms with E-state index < -0.39 is 24.1 Å². The second-order valence-electron chi connectivity index (χ2n) is 6.49. The highest BCUT2D eigenvalue weighted by atomic mass is 19.1. The molecule has 22 heavy (non-hydrogen) atoms. The first kappa shape index (κ1) is 15.2. The lowest BCUT2D eigenvalue weighted by atomic mass is 9.77. The second kappa shape index (κ2) is 4.93. The Bertz CT molecular complexity index is 717. The fourth-order valence-corrected chi connectivity index (χ4v) is 2.50. The van der Waals surface area contributed by atoms with Crippen LogP contribution >= 0.6 is 0 Å². The summed E-state index contributed by atoms with van der Waals surface area (Å²) in [5, 5.41) is 0.763. The topological polar surface area (TPSA) is 40.6 Å². The van der Waals surface area contributed by atoms with Crippen LogP contribution in [0.1, 0.15) is 27.7 Å². The lowest BCUT2D eigenvalue weighted by molar-refractivity contribution is 0.00578. The number of aromatic nitrogens is 1. The van der Waals surface area contributed by atoms with Crippen molar-refractivity contribution in [1.29, 1.82) is 0 Å². The van der Waals surface area contributed by atoms with Gasteiger partial charge >= 0.3 is 7.12 Å². The van der Waals surface area contributed by atoms with E-state index in [1.807, 2.05) is 33.8 Å². The van der Waals surface area contributed by atoms with E-state index in [4.69, 9.17) is 14.0 Å². The van der Waals surface area contributed by atoms with E-state index in [2.05, 4.69) is 4.98 Å². The third-order valence-electron chi connectivity index (χ3n) is 4.56. The van der Waals surface area contributed by atoms with Crippen molar-refractivity contribution in [3.05, 3.63) is 30.2 Å². The third kappa shape index (κ3) is 2.27. The van der Waals surface area contributed by atoms with E-state index >= 15 is 0 Å². The molecule has 0 saturated carbocycles. The molecule has 1 saturated heterocycles. The molecule has 0 bridgehead atoms. The van der Waals surface area contributed by atoms with Crippen LogP contribution < -0.4 is 10.2 Å².